The summed E-state index contributed by atoms with van der Waals surface area (Å²) in [7, 11) is 0. The molecule has 0 atom stereocenters. The second-order valence-electron chi connectivity index (χ2n) is 15.2. The maximum Gasteiger partial charge on any atom is 0.164 e. The minimum absolute atomic E-state index is 0.628. The van der Waals surface area contributed by atoms with Crippen LogP contribution in [-0.4, -0.2) is 15.0 Å². The number of hydrogen-bond acceptors (Lipinski definition) is 3. The predicted molar refractivity (Wildman–Crippen MR) is 250 cm³/mol. The van der Waals surface area contributed by atoms with Crippen LogP contribution in [0.1, 0.15) is 0 Å². The Labute approximate surface area is 349 Å². The van der Waals surface area contributed by atoms with Gasteiger partial charge < -0.3 is 0 Å². The molecule has 0 radical (unpaired) electrons. The zero-order valence-corrected chi connectivity index (χ0v) is 32.7. The Bertz CT molecular complexity index is 3330. The molecule has 0 aliphatic heterocycles. The van der Waals surface area contributed by atoms with Crippen molar-refractivity contribution in [1.29, 1.82) is 0 Å². The Hall–Kier alpha value is -8.01. The molecule has 3 heteroatoms. The van der Waals surface area contributed by atoms with E-state index in [1.165, 1.54) is 44.2 Å². The van der Waals surface area contributed by atoms with Crippen LogP contribution in [0.15, 0.2) is 224 Å². The van der Waals surface area contributed by atoms with E-state index in [2.05, 4.69) is 224 Å². The second kappa shape index (κ2) is 15.1. The Morgan fingerprint density at radius 3 is 1.32 bits per heavy atom. The topological polar surface area (TPSA) is 38.7 Å². The number of rotatable bonds is 7. The van der Waals surface area contributed by atoms with Crippen LogP contribution in [0.4, 0.5) is 0 Å². The van der Waals surface area contributed by atoms with Crippen LogP contribution in [0.5, 0.6) is 0 Å². The van der Waals surface area contributed by atoms with Crippen molar-refractivity contribution in [2.45, 2.75) is 0 Å². The van der Waals surface area contributed by atoms with Gasteiger partial charge in [0.15, 0.2) is 17.5 Å². The number of hydrogen-bond donors (Lipinski definition) is 0. The molecule has 0 aliphatic carbocycles. The molecule has 3 nitrogen and oxygen atoms in total. The van der Waals surface area contributed by atoms with Gasteiger partial charge in [0.1, 0.15) is 0 Å². The first kappa shape index (κ1) is 35.2. The van der Waals surface area contributed by atoms with Crippen LogP contribution in [0.3, 0.4) is 0 Å². The van der Waals surface area contributed by atoms with Crippen LogP contribution in [-0.2, 0) is 0 Å². The lowest BCUT2D eigenvalue weighted by molar-refractivity contribution is 1.08. The summed E-state index contributed by atoms with van der Waals surface area (Å²) in [5.41, 5.74) is 12.3. The average molecular weight is 764 g/mol. The molecule has 280 valence electrons. The van der Waals surface area contributed by atoms with Crippen molar-refractivity contribution >= 4 is 32.3 Å². The molecule has 10 aromatic carbocycles. The summed E-state index contributed by atoms with van der Waals surface area (Å²) >= 11 is 0. The van der Waals surface area contributed by atoms with E-state index in [-0.39, 0.29) is 0 Å². The maximum absolute atomic E-state index is 5.22. The van der Waals surface area contributed by atoms with Gasteiger partial charge in [-0.05, 0) is 95.0 Å². The van der Waals surface area contributed by atoms with Gasteiger partial charge in [-0.15, -0.1) is 0 Å². The fraction of sp³-hybridized carbons (Fsp3) is 0. The van der Waals surface area contributed by atoms with Crippen LogP contribution >= 0.6 is 0 Å². The molecule has 1 aromatic heterocycles. The Morgan fingerprint density at radius 2 is 0.617 bits per heavy atom. The quantitative estimate of drug-likeness (QED) is 0.162. The van der Waals surface area contributed by atoms with Gasteiger partial charge >= 0.3 is 0 Å². The van der Waals surface area contributed by atoms with Gasteiger partial charge in [0.25, 0.3) is 0 Å². The lowest BCUT2D eigenvalue weighted by atomic mass is 9.94. The molecular formula is C57H37N3. The molecule has 0 unspecified atom stereocenters. The highest BCUT2D eigenvalue weighted by Gasteiger charge is 2.17. The average Bonchev–Trinajstić information content (AvgIpc) is 3.33. The zero-order valence-electron chi connectivity index (χ0n) is 32.7. The predicted octanol–water partition coefficient (Wildman–Crippen LogP) is 15.0. The normalized spacial score (nSPS) is 11.3. The van der Waals surface area contributed by atoms with Gasteiger partial charge in [-0.2, -0.15) is 0 Å². The standard InChI is InChI=1S/C57H37N3/c1-3-12-38(13-4-1)45-30-31-47-37-48(33-32-46(47)36-45)56-58-55(59-57(60-56)54-35-34-51(41-14-5-2-6-15-41)52-19-9-10-20-53(52)54)44-28-24-40(25-29-44)39-22-26-43(27-23-39)50-21-11-17-42-16-7-8-18-49(42)50/h1-37H. The van der Waals surface area contributed by atoms with Gasteiger partial charge in [-0.3, -0.25) is 0 Å². The molecule has 0 bridgehead atoms. The Kier molecular flexibility index (Phi) is 8.83. The first-order chi connectivity index (χ1) is 29.7. The lowest BCUT2D eigenvalue weighted by Crippen LogP contribution is -2.01. The fourth-order valence-corrected chi connectivity index (χ4v) is 8.44. The first-order valence-electron chi connectivity index (χ1n) is 20.3. The molecule has 60 heavy (non-hydrogen) atoms. The molecule has 1 heterocycles. The van der Waals surface area contributed by atoms with Gasteiger partial charge in [0.2, 0.25) is 0 Å². The monoisotopic (exact) mass is 763 g/mol. The van der Waals surface area contributed by atoms with Crippen LogP contribution in [0.25, 0.3) is 111 Å². The minimum atomic E-state index is 0.628. The molecule has 11 rings (SSSR count). The SMILES string of the molecule is c1ccc(-c2ccc3cc(-c4nc(-c5ccc(-c6ccc(-c7cccc8ccccc78)cc6)cc5)nc(-c5ccc(-c6ccccc6)c6ccccc56)n4)ccc3c2)cc1. The number of aromatic nitrogens is 3. The van der Waals surface area contributed by atoms with Crippen LogP contribution < -0.4 is 0 Å². The molecule has 0 aliphatic rings. The summed E-state index contributed by atoms with van der Waals surface area (Å²) in [5.74, 6) is 1.90. The molecule has 0 saturated heterocycles. The van der Waals surface area contributed by atoms with Gasteiger partial charge in [-0.1, -0.05) is 206 Å². The van der Waals surface area contributed by atoms with E-state index in [1.54, 1.807) is 0 Å². The summed E-state index contributed by atoms with van der Waals surface area (Å²) < 4.78 is 0. The van der Waals surface area contributed by atoms with Crippen molar-refractivity contribution < 1.29 is 0 Å². The van der Waals surface area contributed by atoms with Gasteiger partial charge in [0.05, 0.1) is 0 Å². The van der Waals surface area contributed by atoms with E-state index in [1.807, 2.05) is 0 Å². The minimum Gasteiger partial charge on any atom is -0.208 e. The smallest absolute Gasteiger partial charge is 0.164 e. The van der Waals surface area contributed by atoms with Crippen molar-refractivity contribution in [2.24, 2.45) is 0 Å². The van der Waals surface area contributed by atoms with Crippen LogP contribution in [0, 0.1) is 0 Å². The zero-order chi connectivity index (χ0) is 39.8. The summed E-state index contributed by atoms with van der Waals surface area (Å²) in [5, 5.41) is 7.04. The highest BCUT2D eigenvalue weighted by Crippen LogP contribution is 2.37. The van der Waals surface area contributed by atoms with E-state index in [0.29, 0.717) is 17.5 Å². The molecule has 0 fully saturated rings. The highest BCUT2D eigenvalue weighted by molar-refractivity contribution is 6.04. The van der Waals surface area contributed by atoms with E-state index in [9.17, 15) is 0 Å². The van der Waals surface area contributed by atoms with Gasteiger partial charge in [0, 0.05) is 16.7 Å². The van der Waals surface area contributed by atoms with Crippen molar-refractivity contribution in [2.75, 3.05) is 0 Å². The van der Waals surface area contributed by atoms with Crippen molar-refractivity contribution in [3.05, 3.63) is 224 Å². The summed E-state index contributed by atoms with van der Waals surface area (Å²) in [4.78, 5) is 15.6. The van der Waals surface area contributed by atoms with Crippen molar-refractivity contribution in [1.82, 2.24) is 15.0 Å². The van der Waals surface area contributed by atoms with E-state index in [0.717, 1.165) is 49.4 Å². The first-order valence-corrected chi connectivity index (χ1v) is 20.3. The lowest BCUT2D eigenvalue weighted by Gasteiger charge is -2.13. The summed E-state index contributed by atoms with van der Waals surface area (Å²) in [6.07, 6.45) is 0. The molecule has 0 saturated carbocycles. The largest absolute Gasteiger partial charge is 0.208 e. The summed E-state index contributed by atoms with van der Waals surface area (Å²) in [6.45, 7) is 0. The van der Waals surface area contributed by atoms with E-state index in [4.69, 9.17) is 15.0 Å². The highest BCUT2D eigenvalue weighted by atomic mass is 15.0. The van der Waals surface area contributed by atoms with Crippen molar-refractivity contribution in [3.8, 4) is 78.7 Å². The Balaban J connectivity index is 0.997. The van der Waals surface area contributed by atoms with E-state index >= 15 is 0 Å². The number of fused-ring (bicyclic) bond motifs is 3. The van der Waals surface area contributed by atoms with E-state index < -0.39 is 0 Å². The maximum atomic E-state index is 5.22. The third-order valence-electron chi connectivity index (χ3n) is 11.6. The molecular weight excluding hydrogens is 727 g/mol. The molecule has 0 spiro atoms. The van der Waals surface area contributed by atoms with Crippen LogP contribution in [0.2, 0.25) is 0 Å². The third-order valence-corrected chi connectivity index (χ3v) is 11.6. The van der Waals surface area contributed by atoms with Gasteiger partial charge in [-0.25, -0.2) is 15.0 Å². The number of nitrogens with zero attached hydrogens (tertiary/aromatic N) is 3. The third kappa shape index (κ3) is 6.58. The molecule has 0 amide bonds. The van der Waals surface area contributed by atoms with Crippen molar-refractivity contribution in [3.63, 3.8) is 0 Å². The molecule has 11 aromatic rings. The fourth-order valence-electron chi connectivity index (χ4n) is 8.44. The second-order valence-corrected chi connectivity index (χ2v) is 15.2. The molecule has 0 N–H and O–H groups in total. The Morgan fingerprint density at radius 1 is 0.200 bits per heavy atom. The summed E-state index contributed by atoms with van der Waals surface area (Å²) in [6, 6.07) is 79.5. The number of benzene rings is 10.